The SMILES string of the molecule is CCCCC(OCCC(C)=O)OC(C)CC. The standard InChI is InChI=1S/C13H26O3/c1-5-7-8-13(16-12(4)6-2)15-10-9-11(3)14/h12-13H,5-10H2,1-4H3. The van der Waals surface area contributed by atoms with Crippen molar-refractivity contribution in [3.05, 3.63) is 0 Å². The van der Waals surface area contributed by atoms with E-state index in [1.165, 1.54) is 0 Å². The van der Waals surface area contributed by atoms with Gasteiger partial charge in [-0.3, -0.25) is 4.79 Å². The quantitative estimate of drug-likeness (QED) is 0.540. The molecule has 0 radical (unpaired) electrons. The Balaban J connectivity index is 3.84. The summed E-state index contributed by atoms with van der Waals surface area (Å²) < 4.78 is 11.3. The van der Waals surface area contributed by atoms with Crippen molar-refractivity contribution in [1.29, 1.82) is 0 Å². The van der Waals surface area contributed by atoms with Crippen LogP contribution in [0.4, 0.5) is 0 Å². The minimum absolute atomic E-state index is 0.144. The minimum atomic E-state index is -0.144. The molecule has 0 saturated carbocycles. The van der Waals surface area contributed by atoms with E-state index in [2.05, 4.69) is 13.8 Å². The van der Waals surface area contributed by atoms with Crippen LogP contribution in [0.1, 0.15) is 59.8 Å². The van der Waals surface area contributed by atoms with Gasteiger partial charge in [-0.05, 0) is 33.1 Å². The molecule has 0 aliphatic rings. The lowest BCUT2D eigenvalue weighted by Gasteiger charge is -2.21. The molecule has 3 nitrogen and oxygen atoms in total. The van der Waals surface area contributed by atoms with E-state index in [0.717, 1.165) is 25.7 Å². The second-order valence-electron chi connectivity index (χ2n) is 4.25. The molecule has 0 bridgehead atoms. The second-order valence-corrected chi connectivity index (χ2v) is 4.25. The molecule has 0 rings (SSSR count). The van der Waals surface area contributed by atoms with E-state index in [0.29, 0.717) is 13.0 Å². The van der Waals surface area contributed by atoms with Crippen LogP contribution in [-0.2, 0) is 14.3 Å². The van der Waals surface area contributed by atoms with Crippen LogP contribution >= 0.6 is 0 Å². The van der Waals surface area contributed by atoms with E-state index in [1.54, 1.807) is 6.92 Å². The number of rotatable bonds is 10. The highest BCUT2D eigenvalue weighted by Gasteiger charge is 2.12. The van der Waals surface area contributed by atoms with Crippen LogP contribution < -0.4 is 0 Å². The Morgan fingerprint density at radius 1 is 1.31 bits per heavy atom. The summed E-state index contributed by atoms with van der Waals surface area (Å²) in [7, 11) is 0. The number of carbonyl (C=O) groups excluding carboxylic acids is 1. The average molecular weight is 230 g/mol. The van der Waals surface area contributed by atoms with Gasteiger partial charge < -0.3 is 9.47 Å². The van der Waals surface area contributed by atoms with Gasteiger partial charge in [0.1, 0.15) is 5.78 Å². The summed E-state index contributed by atoms with van der Waals surface area (Å²) in [5.41, 5.74) is 0. The summed E-state index contributed by atoms with van der Waals surface area (Å²) in [5.74, 6) is 0.165. The summed E-state index contributed by atoms with van der Waals surface area (Å²) in [6.45, 7) is 8.35. The largest absolute Gasteiger partial charge is 0.352 e. The predicted octanol–water partition coefficient (Wildman–Crippen LogP) is 3.31. The molecule has 0 spiro atoms. The van der Waals surface area contributed by atoms with Gasteiger partial charge in [0.15, 0.2) is 6.29 Å². The molecule has 16 heavy (non-hydrogen) atoms. The minimum Gasteiger partial charge on any atom is -0.352 e. The predicted molar refractivity (Wildman–Crippen MR) is 65.4 cm³/mol. The molecular formula is C13H26O3. The van der Waals surface area contributed by atoms with Gasteiger partial charge in [-0.1, -0.05) is 20.3 Å². The number of hydrogen-bond acceptors (Lipinski definition) is 3. The molecule has 0 amide bonds. The lowest BCUT2D eigenvalue weighted by Crippen LogP contribution is -2.23. The molecule has 2 atom stereocenters. The highest BCUT2D eigenvalue weighted by atomic mass is 16.7. The van der Waals surface area contributed by atoms with E-state index >= 15 is 0 Å². The molecule has 0 N–H and O–H groups in total. The molecule has 2 unspecified atom stereocenters. The summed E-state index contributed by atoms with van der Waals surface area (Å²) >= 11 is 0. The number of carbonyl (C=O) groups is 1. The van der Waals surface area contributed by atoms with Crippen molar-refractivity contribution in [2.75, 3.05) is 6.61 Å². The normalized spacial score (nSPS) is 14.8. The Kier molecular flexibility index (Phi) is 9.54. The molecule has 0 aliphatic carbocycles. The van der Waals surface area contributed by atoms with Crippen LogP contribution in [0.2, 0.25) is 0 Å². The maximum Gasteiger partial charge on any atom is 0.157 e. The highest BCUT2D eigenvalue weighted by molar-refractivity contribution is 5.75. The fourth-order valence-corrected chi connectivity index (χ4v) is 1.25. The van der Waals surface area contributed by atoms with Crippen LogP contribution in [0.25, 0.3) is 0 Å². The monoisotopic (exact) mass is 230 g/mol. The highest BCUT2D eigenvalue weighted by Crippen LogP contribution is 2.11. The lowest BCUT2D eigenvalue weighted by atomic mass is 10.2. The van der Waals surface area contributed by atoms with Crippen LogP contribution in [0.15, 0.2) is 0 Å². The van der Waals surface area contributed by atoms with Gasteiger partial charge in [0.05, 0.1) is 12.7 Å². The Bertz CT molecular complexity index is 180. The molecular weight excluding hydrogens is 204 g/mol. The summed E-state index contributed by atoms with van der Waals surface area (Å²) in [6, 6.07) is 0. The zero-order chi connectivity index (χ0) is 12.4. The van der Waals surface area contributed by atoms with E-state index in [1.807, 2.05) is 6.92 Å². The molecule has 0 aromatic rings. The maximum absolute atomic E-state index is 10.8. The van der Waals surface area contributed by atoms with Crippen LogP contribution in [0.5, 0.6) is 0 Å². The molecule has 0 aromatic carbocycles. The zero-order valence-electron chi connectivity index (χ0n) is 11.1. The first-order valence-electron chi connectivity index (χ1n) is 6.36. The van der Waals surface area contributed by atoms with Gasteiger partial charge in [-0.2, -0.15) is 0 Å². The van der Waals surface area contributed by atoms with Crippen LogP contribution in [0, 0.1) is 0 Å². The van der Waals surface area contributed by atoms with Crippen molar-refractivity contribution in [3.8, 4) is 0 Å². The molecule has 0 aromatic heterocycles. The van der Waals surface area contributed by atoms with Crippen LogP contribution in [0.3, 0.4) is 0 Å². The Morgan fingerprint density at radius 3 is 2.50 bits per heavy atom. The Morgan fingerprint density at radius 2 is 2.00 bits per heavy atom. The number of ether oxygens (including phenoxy) is 2. The summed E-state index contributed by atoms with van der Waals surface area (Å²) in [6.07, 6.45) is 4.69. The topological polar surface area (TPSA) is 35.5 Å². The fourth-order valence-electron chi connectivity index (χ4n) is 1.25. The third kappa shape index (κ3) is 8.86. The number of hydrogen-bond donors (Lipinski definition) is 0. The fraction of sp³-hybridized carbons (Fsp3) is 0.923. The molecule has 0 heterocycles. The smallest absolute Gasteiger partial charge is 0.157 e. The zero-order valence-corrected chi connectivity index (χ0v) is 11.1. The first kappa shape index (κ1) is 15.6. The molecule has 3 heteroatoms. The van der Waals surface area contributed by atoms with Crippen molar-refractivity contribution in [1.82, 2.24) is 0 Å². The third-order valence-corrected chi connectivity index (χ3v) is 2.51. The molecule has 0 saturated heterocycles. The van der Waals surface area contributed by atoms with Crippen molar-refractivity contribution < 1.29 is 14.3 Å². The molecule has 0 fully saturated rings. The molecule has 0 aliphatic heterocycles. The first-order valence-corrected chi connectivity index (χ1v) is 6.36. The van der Waals surface area contributed by atoms with Crippen LogP contribution in [-0.4, -0.2) is 24.8 Å². The van der Waals surface area contributed by atoms with Crippen molar-refractivity contribution >= 4 is 5.78 Å². The Labute approximate surface area is 99.5 Å². The van der Waals surface area contributed by atoms with Gasteiger partial charge in [-0.25, -0.2) is 0 Å². The van der Waals surface area contributed by atoms with Gasteiger partial charge in [0.2, 0.25) is 0 Å². The number of ketones is 1. The number of Topliss-reactive ketones (excluding diaryl/α,β-unsaturated/α-hetero) is 1. The average Bonchev–Trinajstić information content (AvgIpc) is 2.24. The second kappa shape index (κ2) is 9.79. The Hall–Kier alpha value is -0.410. The van der Waals surface area contributed by atoms with Crippen molar-refractivity contribution in [2.24, 2.45) is 0 Å². The molecule has 96 valence electrons. The first-order chi connectivity index (χ1) is 7.60. The lowest BCUT2D eigenvalue weighted by molar-refractivity contribution is -0.171. The third-order valence-electron chi connectivity index (χ3n) is 2.51. The maximum atomic E-state index is 10.8. The van der Waals surface area contributed by atoms with Gasteiger partial charge in [0, 0.05) is 6.42 Å². The van der Waals surface area contributed by atoms with E-state index < -0.39 is 0 Å². The van der Waals surface area contributed by atoms with E-state index in [-0.39, 0.29) is 18.2 Å². The van der Waals surface area contributed by atoms with E-state index in [4.69, 9.17) is 9.47 Å². The van der Waals surface area contributed by atoms with Gasteiger partial charge in [0.25, 0.3) is 0 Å². The van der Waals surface area contributed by atoms with Gasteiger partial charge in [-0.15, -0.1) is 0 Å². The van der Waals surface area contributed by atoms with E-state index in [9.17, 15) is 4.79 Å². The number of unbranched alkanes of at least 4 members (excludes halogenated alkanes) is 1. The summed E-state index contributed by atoms with van der Waals surface area (Å²) in [4.78, 5) is 10.8. The van der Waals surface area contributed by atoms with Gasteiger partial charge >= 0.3 is 0 Å². The van der Waals surface area contributed by atoms with Crippen molar-refractivity contribution in [3.63, 3.8) is 0 Å². The summed E-state index contributed by atoms with van der Waals surface area (Å²) in [5, 5.41) is 0. The van der Waals surface area contributed by atoms with Crippen molar-refractivity contribution in [2.45, 2.75) is 72.2 Å².